The fourth-order valence-electron chi connectivity index (χ4n) is 1.63. The van der Waals surface area contributed by atoms with Crippen LogP contribution in [-0.2, 0) is 0 Å². The van der Waals surface area contributed by atoms with E-state index in [-0.39, 0.29) is 6.04 Å². The Labute approximate surface area is 111 Å². The summed E-state index contributed by atoms with van der Waals surface area (Å²) in [5.41, 5.74) is 6.14. The van der Waals surface area contributed by atoms with E-state index in [1.54, 1.807) is 11.3 Å². The molecule has 0 radical (unpaired) electrons. The monoisotopic (exact) mass is 313 g/mol. The van der Waals surface area contributed by atoms with Crippen molar-refractivity contribution in [2.24, 2.45) is 5.73 Å². The molecular formula is C11H12BrN3OS. The van der Waals surface area contributed by atoms with E-state index in [2.05, 4.69) is 33.0 Å². The van der Waals surface area contributed by atoms with E-state index in [4.69, 9.17) is 10.3 Å². The molecule has 2 heterocycles. The first-order valence-electron chi connectivity index (χ1n) is 5.50. The number of aryl methyl sites for hydroxylation is 1. The molecule has 1 atom stereocenters. The summed E-state index contributed by atoms with van der Waals surface area (Å²) in [5.74, 6) is 1.80. The molecule has 0 aromatic carbocycles. The van der Waals surface area contributed by atoms with Gasteiger partial charge in [0.2, 0.25) is 5.89 Å². The quantitative estimate of drug-likeness (QED) is 0.945. The highest BCUT2D eigenvalue weighted by molar-refractivity contribution is 9.10. The number of hydrogen-bond donors (Lipinski definition) is 1. The topological polar surface area (TPSA) is 64.9 Å². The minimum Gasteiger partial charge on any atom is -0.339 e. The molecule has 0 amide bonds. The lowest BCUT2D eigenvalue weighted by Crippen LogP contribution is -2.12. The lowest BCUT2D eigenvalue weighted by molar-refractivity contribution is 0.372. The minimum atomic E-state index is -0.291. The van der Waals surface area contributed by atoms with Gasteiger partial charge in [0, 0.05) is 20.1 Å². The third kappa shape index (κ3) is 2.17. The lowest BCUT2D eigenvalue weighted by Gasteiger charge is -2.02. The zero-order chi connectivity index (χ0) is 12.0. The Bertz CT molecular complexity index is 527. The average Bonchev–Trinajstić information content (AvgIpc) is 2.95. The van der Waals surface area contributed by atoms with Crippen LogP contribution in [0.3, 0.4) is 0 Å². The van der Waals surface area contributed by atoms with Crippen LogP contribution >= 0.6 is 27.3 Å². The molecule has 2 aromatic rings. The molecule has 1 saturated carbocycles. The molecule has 1 aliphatic carbocycles. The second kappa shape index (κ2) is 4.19. The van der Waals surface area contributed by atoms with Gasteiger partial charge in [-0.2, -0.15) is 4.98 Å². The molecule has 2 aromatic heterocycles. The molecule has 2 N–H and O–H groups in total. The fourth-order valence-corrected chi connectivity index (χ4v) is 3.19. The van der Waals surface area contributed by atoms with Crippen LogP contribution in [-0.4, -0.2) is 10.1 Å². The highest BCUT2D eigenvalue weighted by Crippen LogP contribution is 2.39. The van der Waals surface area contributed by atoms with E-state index in [1.165, 1.54) is 4.88 Å². The van der Waals surface area contributed by atoms with Gasteiger partial charge in [-0.25, -0.2) is 0 Å². The predicted octanol–water partition coefficient (Wildman–Crippen LogP) is 3.13. The summed E-state index contributed by atoms with van der Waals surface area (Å²) in [6.07, 6.45) is 2.31. The van der Waals surface area contributed by atoms with E-state index in [0.29, 0.717) is 11.7 Å². The summed E-state index contributed by atoms with van der Waals surface area (Å²) < 4.78 is 6.30. The Morgan fingerprint density at radius 1 is 1.59 bits per heavy atom. The van der Waals surface area contributed by atoms with E-state index in [9.17, 15) is 0 Å². The van der Waals surface area contributed by atoms with Crippen molar-refractivity contribution in [3.63, 3.8) is 0 Å². The van der Waals surface area contributed by atoms with Gasteiger partial charge in [0.25, 0.3) is 0 Å². The Morgan fingerprint density at radius 2 is 2.35 bits per heavy atom. The van der Waals surface area contributed by atoms with Crippen LogP contribution < -0.4 is 5.73 Å². The van der Waals surface area contributed by atoms with Crippen molar-refractivity contribution in [2.75, 3.05) is 0 Å². The van der Waals surface area contributed by atoms with Crippen LogP contribution in [0, 0.1) is 6.92 Å². The molecular weight excluding hydrogens is 302 g/mol. The fraction of sp³-hybridized carbons (Fsp3) is 0.455. The second-order valence-corrected chi connectivity index (χ2v) is 6.44. The summed E-state index contributed by atoms with van der Waals surface area (Å²) in [5, 5.41) is 3.97. The minimum absolute atomic E-state index is 0.291. The van der Waals surface area contributed by atoms with Crippen molar-refractivity contribution < 1.29 is 4.52 Å². The van der Waals surface area contributed by atoms with Gasteiger partial charge in [-0.1, -0.05) is 5.16 Å². The van der Waals surface area contributed by atoms with Gasteiger partial charge in [-0.3, -0.25) is 0 Å². The molecule has 90 valence electrons. The molecule has 6 heteroatoms. The average molecular weight is 314 g/mol. The van der Waals surface area contributed by atoms with Crippen molar-refractivity contribution in [2.45, 2.75) is 31.7 Å². The smallest absolute Gasteiger partial charge is 0.229 e. The number of halogens is 1. The second-order valence-electron chi connectivity index (χ2n) is 4.30. The van der Waals surface area contributed by atoms with Gasteiger partial charge in [-0.05, 0) is 41.8 Å². The maximum Gasteiger partial charge on any atom is 0.229 e. The summed E-state index contributed by atoms with van der Waals surface area (Å²) in [6.45, 7) is 2.05. The highest BCUT2D eigenvalue weighted by Gasteiger charge is 2.30. The summed E-state index contributed by atoms with van der Waals surface area (Å²) in [7, 11) is 0. The summed E-state index contributed by atoms with van der Waals surface area (Å²) >= 11 is 5.14. The normalized spacial score (nSPS) is 17.4. The SMILES string of the molecule is Cc1sc(C(N)c2noc(C3CC3)n2)cc1Br. The Morgan fingerprint density at radius 3 is 2.94 bits per heavy atom. The van der Waals surface area contributed by atoms with Crippen molar-refractivity contribution in [1.82, 2.24) is 10.1 Å². The third-order valence-corrected chi connectivity index (χ3v) is 5.06. The van der Waals surface area contributed by atoms with Crippen LogP contribution in [0.5, 0.6) is 0 Å². The maximum absolute atomic E-state index is 6.14. The van der Waals surface area contributed by atoms with E-state index in [0.717, 1.165) is 28.1 Å². The zero-order valence-electron chi connectivity index (χ0n) is 9.31. The predicted molar refractivity (Wildman–Crippen MR) is 69.1 cm³/mol. The molecule has 17 heavy (non-hydrogen) atoms. The molecule has 4 nitrogen and oxygen atoms in total. The molecule has 1 fully saturated rings. The molecule has 1 unspecified atom stereocenters. The van der Waals surface area contributed by atoms with Crippen LogP contribution in [0.4, 0.5) is 0 Å². The Balaban J connectivity index is 1.86. The molecule has 1 aliphatic rings. The molecule has 0 saturated heterocycles. The van der Waals surface area contributed by atoms with Crippen molar-refractivity contribution >= 4 is 27.3 Å². The molecule has 0 spiro atoms. The van der Waals surface area contributed by atoms with Crippen molar-refractivity contribution in [3.05, 3.63) is 32.0 Å². The van der Waals surface area contributed by atoms with Gasteiger partial charge in [0.15, 0.2) is 5.82 Å². The number of thiophene rings is 1. The van der Waals surface area contributed by atoms with Crippen LogP contribution in [0.2, 0.25) is 0 Å². The highest BCUT2D eigenvalue weighted by atomic mass is 79.9. The first-order chi connectivity index (χ1) is 8.15. The lowest BCUT2D eigenvalue weighted by atomic mass is 10.2. The summed E-state index contributed by atoms with van der Waals surface area (Å²) in [4.78, 5) is 6.64. The number of nitrogens with two attached hydrogens (primary N) is 1. The molecule has 3 rings (SSSR count). The van der Waals surface area contributed by atoms with E-state index >= 15 is 0 Å². The number of hydrogen-bond acceptors (Lipinski definition) is 5. The molecule has 0 aliphatic heterocycles. The van der Waals surface area contributed by atoms with Gasteiger partial charge in [0.1, 0.15) is 6.04 Å². The van der Waals surface area contributed by atoms with Gasteiger partial charge >= 0.3 is 0 Å². The van der Waals surface area contributed by atoms with E-state index in [1.807, 2.05) is 6.07 Å². The van der Waals surface area contributed by atoms with Gasteiger partial charge in [-0.15, -0.1) is 11.3 Å². The van der Waals surface area contributed by atoms with Crippen LogP contribution in [0.1, 0.15) is 46.3 Å². The van der Waals surface area contributed by atoms with Crippen LogP contribution in [0.15, 0.2) is 15.1 Å². The van der Waals surface area contributed by atoms with Gasteiger partial charge in [0.05, 0.1) is 0 Å². The van der Waals surface area contributed by atoms with Crippen molar-refractivity contribution in [1.29, 1.82) is 0 Å². The number of nitrogens with zero attached hydrogens (tertiary/aromatic N) is 2. The first kappa shape index (κ1) is 11.4. The van der Waals surface area contributed by atoms with Crippen LogP contribution in [0.25, 0.3) is 0 Å². The van der Waals surface area contributed by atoms with Crippen molar-refractivity contribution in [3.8, 4) is 0 Å². The largest absolute Gasteiger partial charge is 0.339 e. The first-order valence-corrected chi connectivity index (χ1v) is 7.11. The molecule has 0 bridgehead atoms. The standard InChI is InChI=1S/C11H12BrN3OS/c1-5-7(12)4-8(17-5)9(13)10-14-11(16-15-10)6-2-3-6/h4,6,9H,2-3,13H2,1H3. The Hall–Kier alpha value is -0.720. The zero-order valence-corrected chi connectivity index (χ0v) is 11.7. The van der Waals surface area contributed by atoms with Gasteiger partial charge < -0.3 is 10.3 Å². The number of aromatic nitrogens is 2. The van der Waals surface area contributed by atoms with E-state index < -0.39 is 0 Å². The number of rotatable bonds is 3. The maximum atomic E-state index is 6.14. The Kier molecular flexibility index (Phi) is 2.80. The summed E-state index contributed by atoms with van der Waals surface area (Å²) in [6, 6.07) is 1.74. The third-order valence-electron chi connectivity index (χ3n) is 2.84.